The van der Waals surface area contributed by atoms with Gasteiger partial charge < -0.3 is 10.2 Å². The summed E-state index contributed by atoms with van der Waals surface area (Å²) in [4.78, 5) is 14.1. The Labute approximate surface area is 123 Å². The first kappa shape index (κ1) is 14.6. The van der Waals surface area contributed by atoms with Crippen molar-refractivity contribution < 1.29 is 4.79 Å². The maximum Gasteiger partial charge on any atom is 0.227 e. The van der Waals surface area contributed by atoms with Crippen molar-refractivity contribution in [2.45, 2.75) is 12.8 Å². The number of likely N-dealkylation sites (tertiary alicyclic amines) is 1. The number of halogens is 2. The summed E-state index contributed by atoms with van der Waals surface area (Å²) in [6, 6.07) is 5.24. The Morgan fingerprint density at radius 1 is 1.47 bits per heavy atom. The van der Waals surface area contributed by atoms with Gasteiger partial charge in [0.1, 0.15) is 0 Å². The number of hydrogen-bond donors (Lipinski definition) is 1. The van der Waals surface area contributed by atoms with Crippen LogP contribution in [0.4, 0.5) is 0 Å². The van der Waals surface area contributed by atoms with Gasteiger partial charge in [0.2, 0.25) is 5.91 Å². The molecule has 19 heavy (non-hydrogen) atoms. The number of rotatable bonds is 4. The predicted molar refractivity (Wildman–Crippen MR) is 78.8 cm³/mol. The molecular weight excluding hydrogens is 283 g/mol. The Kier molecular flexibility index (Phi) is 5.08. The second kappa shape index (κ2) is 6.60. The van der Waals surface area contributed by atoms with Gasteiger partial charge in [-0.15, -0.1) is 0 Å². The van der Waals surface area contributed by atoms with E-state index in [1.807, 2.05) is 11.9 Å². The molecule has 1 saturated heterocycles. The third-order valence-electron chi connectivity index (χ3n) is 3.48. The van der Waals surface area contributed by atoms with E-state index in [9.17, 15) is 4.79 Å². The van der Waals surface area contributed by atoms with Gasteiger partial charge in [-0.3, -0.25) is 4.79 Å². The number of amides is 1. The molecule has 5 heteroatoms. The first-order chi connectivity index (χ1) is 9.10. The van der Waals surface area contributed by atoms with E-state index in [1.165, 1.54) is 0 Å². The van der Waals surface area contributed by atoms with Crippen LogP contribution in [0.25, 0.3) is 0 Å². The Morgan fingerprint density at radius 3 is 3.00 bits per heavy atom. The smallest absolute Gasteiger partial charge is 0.227 e. The Balaban J connectivity index is 1.96. The monoisotopic (exact) mass is 300 g/mol. The first-order valence-electron chi connectivity index (χ1n) is 6.46. The fraction of sp³-hybridized carbons (Fsp3) is 0.500. The van der Waals surface area contributed by atoms with E-state index in [-0.39, 0.29) is 5.91 Å². The Bertz CT molecular complexity index is 465. The van der Waals surface area contributed by atoms with Crippen molar-refractivity contribution in [2.75, 3.05) is 26.7 Å². The minimum absolute atomic E-state index is 0.128. The molecule has 1 aliphatic rings. The summed E-state index contributed by atoms with van der Waals surface area (Å²) < 4.78 is 0. The molecule has 2 rings (SSSR count). The van der Waals surface area contributed by atoms with Crippen molar-refractivity contribution in [1.29, 1.82) is 0 Å². The molecule has 1 atom stereocenters. The van der Waals surface area contributed by atoms with Crippen LogP contribution >= 0.6 is 23.2 Å². The third-order valence-corrected chi connectivity index (χ3v) is 4.08. The molecule has 0 aliphatic carbocycles. The molecule has 1 aromatic carbocycles. The average molecular weight is 301 g/mol. The van der Waals surface area contributed by atoms with Crippen molar-refractivity contribution >= 4 is 29.1 Å². The Morgan fingerprint density at radius 2 is 2.26 bits per heavy atom. The quantitative estimate of drug-likeness (QED) is 0.927. The topological polar surface area (TPSA) is 32.3 Å². The summed E-state index contributed by atoms with van der Waals surface area (Å²) >= 11 is 12.0. The zero-order valence-corrected chi connectivity index (χ0v) is 12.5. The van der Waals surface area contributed by atoms with Crippen molar-refractivity contribution in [3.05, 3.63) is 33.8 Å². The van der Waals surface area contributed by atoms with Crippen LogP contribution in [0.15, 0.2) is 18.2 Å². The number of hydrogen-bond acceptors (Lipinski definition) is 2. The number of carbonyl (C=O) groups is 1. The van der Waals surface area contributed by atoms with Gasteiger partial charge in [-0.05, 0) is 49.7 Å². The Hall–Kier alpha value is -0.770. The van der Waals surface area contributed by atoms with Crippen LogP contribution in [0, 0.1) is 5.92 Å². The van der Waals surface area contributed by atoms with Gasteiger partial charge in [0.25, 0.3) is 0 Å². The largest absolute Gasteiger partial charge is 0.342 e. The standard InChI is InChI=1S/C14H18Cl2N2O/c1-17-8-10-4-5-18(9-10)14(19)7-11-6-12(15)2-3-13(11)16/h2-3,6,10,17H,4-5,7-9H2,1H3/t10-/m0/s1. The van der Waals surface area contributed by atoms with Crippen LogP contribution in [0.3, 0.4) is 0 Å². The van der Waals surface area contributed by atoms with Crippen LogP contribution in [0.2, 0.25) is 10.0 Å². The van der Waals surface area contributed by atoms with E-state index in [4.69, 9.17) is 23.2 Å². The first-order valence-corrected chi connectivity index (χ1v) is 7.22. The molecule has 1 amide bonds. The second-order valence-electron chi connectivity index (χ2n) is 4.96. The van der Waals surface area contributed by atoms with Crippen LogP contribution in [0.5, 0.6) is 0 Å². The van der Waals surface area contributed by atoms with E-state index >= 15 is 0 Å². The molecule has 0 unspecified atom stereocenters. The van der Waals surface area contributed by atoms with Gasteiger partial charge in [-0.1, -0.05) is 23.2 Å². The maximum atomic E-state index is 12.2. The lowest BCUT2D eigenvalue weighted by molar-refractivity contribution is -0.129. The number of benzene rings is 1. The van der Waals surface area contributed by atoms with Crippen LogP contribution < -0.4 is 5.32 Å². The highest BCUT2D eigenvalue weighted by Crippen LogP contribution is 2.23. The van der Waals surface area contributed by atoms with E-state index in [0.717, 1.165) is 31.6 Å². The highest BCUT2D eigenvalue weighted by atomic mass is 35.5. The van der Waals surface area contributed by atoms with Crippen molar-refractivity contribution in [2.24, 2.45) is 5.92 Å². The highest BCUT2D eigenvalue weighted by molar-refractivity contribution is 6.33. The zero-order valence-electron chi connectivity index (χ0n) is 11.0. The van der Waals surface area contributed by atoms with E-state index in [2.05, 4.69) is 5.32 Å². The molecule has 104 valence electrons. The molecule has 1 fully saturated rings. The lowest BCUT2D eigenvalue weighted by Crippen LogP contribution is -2.31. The van der Waals surface area contributed by atoms with E-state index in [1.54, 1.807) is 18.2 Å². The minimum Gasteiger partial charge on any atom is -0.342 e. The average Bonchev–Trinajstić information content (AvgIpc) is 2.83. The van der Waals surface area contributed by atoms with Gasteiger partial charge >= 0.3 is 0 Å². The lowest BCUT2D eigenvalue weighted by atomic mass is 10.1. The summed E-state index contributed by atoms with van der Waals surface area (Å²) in [5.74, 6) is 0.687. The molecule has 1 heterocycles. The maximum absolute atomic E-state index is 12.2. The van der Waals surface area contributed by atoms with E-state index < -0.39 is 0 Å². The number of nitrogens with one attached hydrogen (secondary N) is 1. The molecule has 0 aromatic heterocycles. The SMILES string of the molecule is CNC[C@@H]1CCN(C(=O)Cc2cc(Cl)ccc2Cl)C1. The molecule has 1 N–H and O–H groups in total. The molecule has 3 nitrogen and oxygen atoms in total. The third kappa shape index (κ3) is 3.85. The summed E-state index contributed by atoms with van der Waals surface area (Å²) in [6.07, 6.45) is 1.39. The van der Waals surface area contributed by atoms with Crippen LogP contribution in [0.1, 0.15) is 12.0 Å². The zero-order chi connectivity index (χ0) is 13.8. The summed E-state index contributed by atoms with van der Waals surface area (Å²) in [6.45, 7) is 2.63. The molecular formula is C14H18Cl2N2O. The normalized spacial score (nSPS) is 18.9. The van der Waals surface area contributed by atoms with Gasteiger partial charge in [0.05, 0.1) is 6.42 Å². The number of nitrogens with zero attached hydrogens (tertiary/aromatic N) is 1. The summed E-state index contributed by atoms with van der Waals surface area (Å²) in [5.41, 5.74) is 0.802. The lowest BCUT2D eigenvalue weighted by Gasteiger charge is -2.17. The van der Waals surface area contributed by atoms with Crippen molar-refractivity contribution in [1.82, 2.24) is 10.2 Å². The predicted octanol–water partition coefficient (Wildman–Crippen LogP) is 2.60. The fourth-order valence-corrected chi connectivity index (χ4v) is 2.85. The molecule has 1 aromatic rings. The van der Waals surface area contributed by atoms with Gasteiger partial charge in [0, 0.05) is 23.1 Å². The summed E-state index contributed by atoms with van der Waals surface area (Å²) in [5, 5.41) is 4.37. The fourth-order valence-electron chi connectivity index (χ4n) is 2.47. The number of carbonyl (C=O) groups excluding carboxylic acids is 1. The second-order valence-corrected chi connectivity index (χ2v) is 5.81. The molecule has 1 aliphatic heterocycles. The van der Waals surface area contributed by atoms with Crippen molar-refractivity contribution in [3.63, 3.8) is 0 Å². The molecule has 0 saturated carbocycles. The van der Waals surface area contributed by atoms with Gasteiger partial charge in [-0.2, -0.15) is 0 Å². The summed E-state index contributed by atoms with van der Waals surface area (Å²) in [7, 11) is 1.94. The molecule has 0 spiro atoms. The molecule has 0 bridgehead atoms. The van der Waals surface area contributed by atoms with Gasteiger partial charge in [-0.25, -0.2) is 0 Å². The van der Waals surface area contributed by atoms with Gasteiger partial charge in [0.15, 0.2) is 0 Å². The van der Waals surface area contributed by atoms with Crippen molar-refractivity contribution in [3.8, 4) is 0 Å². The van der Waals surface area contributed by atoms with Crippen LogP contribution in [-0.4, -0.2) is 37.5 Å². The van der Waals surface area contributed by atoms with E-state index in [0.29, 0.717) is 22.4 Å². The van der Waals surface area contributed by atoms with Crippen LogP contribution in [-0.2, 0) is 11.2 Å². The highest BCUT2D eigenvalue weighted by Gasteiger charge is 2.25. The minimum atomic E-state index is 0.128. The molecule has 0 radical (unpaired) electrons.